The first-order valence-electron chi connectivity index (χ1n) is 10.1. The predicted molar refractivity (Wildman–Crippen MR) is 114 cm³/mol. The molecule has 0 radical (unpaired) electrons. The minimum atomic E-state index is -0.643. The van der Waals surface area contributed by atoms with Gasteiger partial charge in [-0.25, -0.2) is 0 Å². The molecule has 0 bridgehead atoms. The van der Waals surface area contributed by atoms with Crippen molar-refractivity contribution in [3.63, 3.8) is 0 Å². The minimum Gasteiger partial charge on any atom is -0.505 e. The van der Waals surface area contributed by atoms with Crippen LogP contribution in [0.2, 0.25) is 0 Å². The summed E-state index contributed by atoms with van der Waals surface area (Å²) in [4.78, 5) is 26.1. The minimum absolute atomic E-state index is 0.171. The Hall–Kier alpha value is -2.54. The molecule has 1 aliphatic rings. The Bertz CT molecular complexity index is 788. The first-order valence-corrected chi connectivity index (χ1v) is 10.1. The number of methoxy groups -OCH3 is 1. The second-order valence-corrected chi connectivity index (χ2v) is 7.97. The van der Waals surface area contributed by atoms with Gasteiger partial charge in [-0.05, 0) is 31.4 Å². The van der Waals surface area contributed by atoms with E-state index in [9.17, 15) is 14.7 Å². The number of carbonyl (C=O) groups excluding carboxylic acids is 2. The quantitative estimate of drug-likeness (QED) is 0.520. The molecule has 3 N–H and O–H groups in total. The van der Waals surface area contributed by atoms with Gasteiger partial charge in [0.25, 0.3) is 5.91 Å². The third kappa shape index (κ3) is 5.09. The normalized spacial score (nSPS) is 18.1. The Labute approximate surface area is 173 Å². The number of hydrogen-bond acceptors (Lipinski definition) is 6. The number of phenolic OH excluding ortho intramolecular Hbond substituents is 1. The number of Topliss-reactive ketones (excluding diaryl/α,β-unsaturated/α-hetero) is 1. The van der Waals surface area contributed by atoms with Crippen molar-refractivity contribution in [3.05, 3.63) is 35.2 Å². The van der Waals surface area contributed by atoms with E-state index in [1.807, 2.05) is 0 Å². The number of ether oxygens (including phenoxy) is 1. The van der Waals surface area contributed by atoms with Crippen molar-refractivity contribution in [3.8, 4) is 5.75 Å². The zero-order valence-corrected chi connectivity index (χ0v) is 18.2. The molecule has 3 unspecified atom stereocenters. The van der Waals surface area contributed by atoms with Crippen LogP contribution in [-0.2, 0) is 9.53 Å². The first kappa shape index (κ1) is 22.7. The highest BCUT2D eigenvalue weighted by molar-refractivity contribution is 6.11. The zero-order chi connectivity index (χ0) is 21.7. The average Bonchev–Trinajstić information content (AvgIpc) is 2.66. The van der Waals surface area contributed by atoms with Gasteiger partial charge in [0.15, 0.2) is 11.9 Å². The lowest BCUT2D eigenvalue weighted by Crippen LogP contribution is -2.49. The van der Waals surface area contributed by atoms with E-state index in [2.05, 4.69) is 31.4 Å². The Balaban J connectivity index is 2.24. The highest BCUT2D eigenvalue weighted by Gasteiger charge is 2.41. The van der Waals surface area contributed by atoms with Crippen LogP contribution in [-0.4, -0.2) is 55.0 Å². The third-order valence-electron chi connectivity index (χ3n) is 5.12. The van der Waals surface area contributed by atoms with Gasteiger partial charge in [-0.3, -0.25) is 9.59 Å². The topological polar surface area (TPSA) is 90.9 Å². The lowest BCUT2D eigenvalue weighted by atomic mass is 9.92. The number of nitrogens with zero attached hydrogens (tertiary/aromatic N) is 1. The number of hydrogen-bond donors (Lipinski definition) is 3. The molecule has 7 nitrogen and oxygen atoms in total. The fraction of sp³-hybridized carbons (Fsp3) is 0.545. The van der Waals surface area contributed by atoms with Crippen LogP contribution in [0.25, 0.3) is 0 Å². The van der Waals surface area contributed by atoms with Crippen LogP contribution in [0.3, 0.4) is 0 Å². The third-order valence-corrected chi connectivity index (χ3v) is 5.12. The summed E-state index contributed by atoms with van der Waals surface area (Å²) in [5.41, 5.74) is 1.52. The Morgan fingerprint density at radius 2 is 2.00 bits per heavy atom. The molecule has 160 valence electrons. The summed E-state index contributed by atoms with van der Waals surface area (Å²) >= 11 is 0. The van der Waals surface area contributed by atoms with Crippen LogP contribution in [0.1, 0.15) is 50.4 Å². The number of benzene rings is 1. The number of anilines is 1. The van der Waals surface area contributed by atoms with Gasteiger partial charge in [0.2, 0.25) is 5.78 Å². The molecule has 0 heterocycles. The highest BCUT2D eigenvalue weighted by Crippen LogP contribution is 2.33. The molecule has 0 aliphatic heterocycles. The van der Waals surface area contributed by atoms with E-state index in [4.69, 9.17) is 4.74 Å². The van der Waals surface area contributed by atoms with E-state index in [0.29, 0.717) is 23.0 Å². The fourth-order valence-electron chi connectivity index (χ4n) is 3.68. The van der Waals surface area contributed by atoms with Gasteiger partial charge in [-0.15, -0.1) is 0 Å². The Morgan fingerprint density at radius 1 is 1.31 bits per heavy atom. The summed E-state index contributed by atoms with van der Waals surface area (Å²) in [6, 6.07) is 5.02. The number of aromatic hydroxyl groups is 1. The first-order chi connectivity index (χ1) is 13.7. The van der Waals surface area contributed by atoms with E-state index in [1.54, 1.807) is 32.3 Å². The molecule has 1 amide bonds. The van der Waals surface area contributed by atoms with Crippen LogP contribution < -0.4 is 10.6 Å². The zero-order valence-electron chi connectivity index (χ0n) is 18.2. The largest absolute Gasteiger partial charge is 0.505 e. The summed E-state index contributed by atoms with van der Waals surface area (Å²) in [6.45, 7) is 6.48. The van der Waals surface area contributed by atoms with Crippen molar-refractivity contribution < 1.29 is 19.4 Å². The van der Waals surface area contributed by atoms with E-state index >= 15 is 0 Å². The van der Waals surface area contributed by atoms with Gasteiger partial charge in [0, 0.05) is 27.2 Å². The molecular weight excluding hydrogens is 370 g/mol. The van der Waals surface area contributed by atoms with Crippen LogP contribution in [0.4, 0.5) is 5.69 Å². The van der Waals surface area contributed by atoms with E-state index in [0.717, 1.165) is 19.3 Å². The number of carbonyl (C=O) groups is 2. The summed E-state index contributed by atoms with van der Waals surface area (Å²) in [7, 11) is 4.73. The number of para-hydroxylation sites is 1. The molecule has 1 aromatic rings. The van der Waals surface area contributed by atoms with Gasteiger partial charge < -0.3 is 25.4 Å². The van der Waals surface area contributed by atoms with Crippen molar-refractivity contribution in [1.29, 1.82) is 0 Å². The van der Waals surface area contributed by atoms with E-state index < -0.39 is 6.10 Å². The number of amides is 1. The summed E-state index contributed by atoms with van der Waals surface area (Å²) in [5, 5.41) is 16.9. The SMILES string of the molecule is CCCC(C)CC(C)NC1=C(Nc2cccc(C(=O)N(C)C)c2O)C(=O)C1OC. The highest BCUT2D eigenvalue weighted by atomic mass is 16.5. The van der Waals surface area contributed by atoms with Crippen LogP contribution >= 0.6 is 0 Å². The van der Waals surface area contributed by atoms with Crippen molar-refractivity contribution >= 4 is 17.4 Å². The molecule has 7 heteroatoms. The molecule has 0 saturated carbocycles. The van der Waals surface area contributed by atoms with Gasteiger partial charge >= 0.3 is 0 Å². The molecular formula is C22H33N3O4. The smallest absolute Gasteiger partial charge is 0.257 e. The molecule has 3 atom stereocenters. The fourth-order valence-corrected chi connectivity index (χ4v) is 3.68. The molecule has 1 aliphatic carbocycles. The van der Waals surface area contributed by atoms with Gasteiger partial charge in [0.05, 0.1) is 16.9 Å². The summed E-state index contributed by atoms with van der Waals surface area (Å²) in [6.07, 6.45) is 2.63. The summed E-state index contributed by atoms with van der Waals surface area (Å²) < 4.78 is 5.32. The van der Waals surface area contributed by atoms with Gasteiger partial charge in [0.1, 0.15) is 5.70 Å². The van der Waals surface area contributed by atoms with Crippen LogP contribution in [0.15, 0.2) is 29.6 Å². The van der Waals surface area contributed by atoms with Gasteiger partial charge in [-0.2, -0.15) is 0 Å². The maximum Gasteiger partial charge on any atom is 0.257 e. The van der Waals surface area contributed by atoms with E-state index in [1.165, 1.54) is 12.0 Å². The molecule has 0 aromatic heterocycles. The summed E-state index contributed by atoms with van der Waals surface area (Å²) in [5.74, 6) is -0.107. The van der Waals surface area contributed by atoms with Crippen LogP contribution in [0, 0.1) is 5.92 Å². The molecule has 2 rings (SSSR count). The van der Waals surface area contributed by atoms with Gasteiger partial charge in [-0.1, -0.05) is 32.8 Å². The molecule has 0 fully saturated rings. The second-order valence-electron chi connectivity index (χ2n) is 7.97. The van der Waals surface area contributed by atoms with Crippen molar-refractivity contribution in [2.75, 3.05) is 26.5 Å². The number of phenols is 1. The molecule has 0 spiro atoms. The maximum atomic E-state index is 12.5. The monoisotopic (exact) mass is 403 g/mol. The standard InChI is InChI=1S/C22H33N3O4/c1-7-9-13(2)12-14(3)23-18-17(20(27)21(18)29-6)24-16-11-8-10-15(19(16)26)22(28)25(4)5/h8,10-11,13-14,21,23-24,26H,7,9,12H2,1-6H3. The lowest BCUT2D eigenvalue weighted by molar-refractivity contribution is -0.126. The van der Waals surface area contributed by atoms with E-state index in [-0.39, 0.29) is 29.0 Å². The Morgan fingerprint density at radius 3 is 2.59 bits per heavy atom. The molecule has 1 aromatic carbocycles. The van der Waals surface area contributed by atoms with Crippen molar-refractivity contribution in [1.82, 2.24) is 10.2 Å². The lowest BCUT2D eigenvalue weighted by Gasteiger charge is -2.34. The molecule has 29 heavy (non-hydrogen) atoms. The van der Waals surface area contributed by atoms with Crippen LogP contribution in [0.5, 0.6) is 5.75 Å². The number of ketones is 1. The Kier molecular flexibility index (Phi) is 7.67. The second kappa shape index (κ2) is 9.78. The maximum absolute atomic E-state index is 12.5. The number of nitrogens with one attached hydrogen (secondary N) is 2. The van der Waals surface area contributed by atoms with Crippen molar-refractivity contribution in [2.45, 2.75) is 52.2 Å². The predicted octanol–water partition coefficient (Wildman–Crippen LogP) is 3.12. The number of rotatable bonds is 10. The average molecular weight is 404 g/mol. The molecule has 0 saturated heterocycles. The van der Waals surface area contributed by atoms with Crippen molar-refractivity contribution in [2.24, 2.45) is 5.92 Å².